The first-order chi connectivity index (χ1) is 8.52. The van der Waals surface area contributed by atoms with Gasteiger partial charge in [0.15, 0.2) is 5.76 Å². The Morgan fingerprint density at radius 1 is 1.17 bits per heavy atom. The van der Waals surface area contributed by atoms with E-state index in [0.717, 1.165) is 16.9 Å². The number of hydrogen-bond donors (Lipinski definition) is 0. The lowest BCUT2D eigenvalue weighted by molar-refractivity contribution is 0.100. The molecule has 0 saturated carbocycles. The molecule has 0 atom stereocenters. The second kappa shape index (κ2) is 4.69. The van der Waals surface area contributed by atoms with Crippen molar-refractivity contribution in [3.8, 4) is 5.75 Å². The summed E-state index contributed by atoms with van der Waals surface area (Å²) in [6, 6.07) is 7.29. The Bertz CT molecular complexity index is 594. The average molecular weight is 244 g/mol. The molecule has 1 heterocycles. The van der Waals surface area contributed by atoms with Gasteiger partial charge in [-0.15, -0.1) is 0 Å². The second-order valence-corrected chi connectivity index (χ2v) is 4.40. The smallest absolute Gasteiger partial charge is 0.232 e. The summed E-state index contributed by atoms with van der Waals surface area (Å²) in [7, 11) is 1.57. The minimum Gasteiger partial charge on any atom is -0.496 e. The summed E-state index contributed by atoms with van der Waals surface area (Å²) in [6.07, 6.45) is 0. The first-order valence-corrected chi connectivity index (χ1v) is 5.79. The third-order valence-corrected chi connectivity index (χ3v) is 2.85. The number of hydrogen-bond acceptors (Lipinski definition) is 3. The normalized spacial score (nSPS) is 10.4. The van der Waals surface area contributed by atoms with E-state index in [1.54, 1.807) is 19.2 Å². The molecule has 2 aromatic rings. The number of aryl methyl sites for hydroxylation is 3. The zero-order valence-electron chi connectivity index (χ0n) is 11.0. The van der Waals surface area contributed by atoms with Crippen molar-refractivity contribution < 1.29 is 13.9 Å². The van der Waals surface area contributed by atoms with E-state index in [4.69, 9.17) is 9.15 Å². The van der Waals surface area contributed by atoms with Crippen molar-refractivity contribution in [2.45, 2.75) is 20.8 Å². The average Bonchev–Trinajstić information content (AvgIpc) is 2.74. The summed E-state index contributed by atoms with van der Waals surface area (Å²) in [5.74, 6) is 1.52. The van der Waals surface area contributed by atoms with Crippen LogP contribution in [0.15, 0.2) is 28.7 Å². The van der Waals surface area contributed by atoms with Gasteiger partial charge in [-0.1, -0.05) is 6.07 Å². The molecule has 0 bridgehead atoms. The van der Waals surface area contributed by atoms with Crippen LogP contribution in [0.3, 0.4) is 0 Å². The Hall–Kier alpha value is -2.03. The molecule has 0 radical (unpaired) electrons. The van der Waals surface area contributed by atoms with Crippen LogP contribution in [-0.2, 0) is 0 Å². The van der Waals surface area contributed by atoms with E-state index in [1.807, 2.05) is 32.9 Å². The third kappa shape index (κ3) is 2.16. The highest BCUT2D eigenvalue weighted by molar-refractivity contribution is 6.10. The molecule has 0 unspecified atom stereocenters. The van der Waals surface area contributed by atoms with E-state index in [0.29, 0.717) is 17.1 Å². The van der Waals surface area contributed by atoms with Crippen molar-refractivity contribution in [3.05, 3.63) is 52.5 Å². The van der Waals surface area contributed by atoms with Crippen molar-refractivity contribution >= 4 is 5.78 Å². The summed E-state index contributed by atoms with van der Waals surface area (Å²) in [5.41, 5.74) is 2.53. The summed E-state index contributed by atoms with van der Waals surface area (Å²) < 4.78 is 10.7. The standard InChI is InChI=1S/C15H16O3/c1-9-7-10(2)14(13(8-9)17-4)15(16)12-6-5-11(3)18-12/h5-8H,1-4H3. The molecule has 1 aromatic heterocycles. The van der Waals surface area contributed by atoms with Crippen LogP contribution in [0, 0.1) is 20.8 Å². The highest BCUT2D eigenvalue weighted by Gasteiger charge is 2.20. The summed E-state index contributed by atoms with van der Waals surface area (Å²) in [5, 5.41) is 0. The summed E-state index contributed by atoms with van der Waals surface area (Å²) in [4.78, 5) is 12.4. The predicted octanol–water partition coefficient (Wildman–Crippen LogP) is 3.44. The van der Waals surface area contributed by atoms with Gasteiger partial charge in [0.05, 0.1) is 12.7 Å². The van der Waals surface area contributed by atoms with Crippen LogP contribution < -0.4 is 4.74 Å². The molecule has 94 valence electrons. The number of carbonyl (C=O) groups is 1. The van der Waals surface area contributed by atoms with E-state index in [9.17, 15) is 4.79 Å². The zero-order chi connectivity index (χ0) is 13.3. The van der Waals surface area contributed by atoms with Gasteiger partial charge in [0, 0.05) is 0 Å². The first kappa shape index (κ1) is 12.4. The molecule has 0 aliphatic rings. The topological polar surface area (TPSA) is 39.4 Å². The molecule has 18 heavy (non-hydrogen) atoms. The fraction of sp³-hybridized carbons (Fsp3) is 0.267. The van der Waals surface area contributed by atoms with Crippen LogP contribution >= 0.6 is 0 Å². The van der Waals surface area contributed by atoms with Gasteiger partial charge < -0.3 is 9.15 Å². The highest BCUT2D eigenvalue weighted by Crippen LogP contribution is 2.27. The highest BCUT2D eigenvalue weighted by atomic mass is 16.5. The van der Waals surface area contributed by atoms with Crippen molar-refractivity contribution in [2.75, 3.05) is 7.11 Å². The van der Waals surface area contributed by atoms with E-state index >= 15 is 0 Å². The van der Waals surface area contributed by atoms with Crippen LogP contribution in [0.4, 0.5) is 0 Å². The predicted molar refractivity (Wildman–Crippen MR) is 69.3 cm³/mol. The summed E-state index contributed by atoms with van der Waals surface area (Å²) >= 11 is 0. The Morgan fingerprint density at radius 3 is 2.44 bits per heavy atom. The molecule has 3 nitrogen and oxygen atoms in total. The van der Waals surface area contributed by atoms with Gasteiger partial charge in [0.1, 0.15) is 11.5 Å². The zero-order valence-corrected chi connectivity index (χ0v) is 11.0. The van der Waals surface area contributed by atoms with Crippen LogP contribution in [0.1, 0.15) is 33.0 Å². The molecular weight excluding hydrogens is 228 g/mol. The number of carbonyl (C=O) groups excluding carboxylic acids is 1. The number of rotatable bonds is 3. The number of ketones is 1. The van der Waals surface area contributed by atoms with Crippen LogP contribution in [0.25, 0.3) is 0 Å². The molecule has 1 aromatic carbocycles. The Balaban J connectivity index is 2.54. The van der Waals surface area contributed by atoms with Crippen molar-refractivity contribution in [1.82, 2.24) is 0 Å². The number of benzene rings is 1. The van der Waals surface area contributed by atoms with Crippen LogP contribution in [-0.4, -0.2) is 12.9 Å². The van der Waals surface area contributed by atoms with Gasteiger partial charge in [-0.3, -0.25) is 4.79 Å². The Kier molecular flexibility index (Phi) is 3.24. The molecule has 3 heteroatoms. The SMILES string of the molecule is COc1cc(C)cc(C)c1C(=O)c1ccc(C)o1. The van der Waals surface area contributed by atoms with Crippen LogP contribution in [0.5, 0.6) is 5.75 Å². The molecule has 0 amide bonds. The second-order valence-electron chi connectivity index (χ2n) is 4.40. The van der Waals surface area contributed by atoms with E-state index in [-0.39, 0.29) is 5.78 Å². The third-order valence-electron chi connectivity index (χ3n) is 2.85. The molecule has 0 spiro atoms. The van der Waals surface area contributed by atoms with Gasteiger partial charge in [-0.25, -0.2) is 0 Å². The van der Waals surface area contributed by atoms with Crippen molar-refractivity contribution in [1.29, 1.82) is 0 Å². The maximum Gasteiger partial charge on any atom is 0.232 e. The van der Waals surface area contributed by atoms with E-state index < -0.39 is 0 Å². The molecule has 0 aliphatic heterocycles. The monoisotopic (exact) mass is 244 g/mol. The van der Waals surface area contributed by atoms with Gasteiger partial charge in [-0.2, -0.15) is 0 Å². The maximum atomic E-state index is 12.4. The molecular formula is C15H16O3. The molecule has 0 saturated heterocycles. The van der Waals surface area contributed by atoms with E-state index in [1.165, 1.54) is 0 Å². The van der Waals surface area contributed by atoms with Gasteiger partial charge in [0.2, 0.25) is 5.78 Å². The molecule has 0 aliphatic carbocycles. The Morgan fingerprint density at radius 2 is 1.89 bits per heavy atom. The summed E-state index contributed by atoms with van der Waals surface area (Å²) in [6.45, 7) is 5.69. The minimum atomic E-state index is -0.141. The van der Waals surface area contributed by atoms with Crippen molar-refractivity contribution in [2.24, 2.45) is 0 Å². The fourth-order valence-corrected chi connectivity index (χ4v) is 2.06. The lowest BCUT2D eigenvalue weighted by atomic mass is 9.99. The Labute approximate surface area is 106 Å². The molecule has 0 N–H and O–H groups in total. The lowest BCUT2D eigenvalue weighted by Crippen LogP contribution is -2.06. The largest absolute Gasteiger partial charge is 0.496 e. The number of methoxy groups -OCH3 is 1. The van der Waals surface area contributed by atoms with Gasteiger partial charge in [-0.05, 0) is 50.1 Å². The van der Waals surface area contributed by atoms with Gasteiger partial charge in [0.25, 0.3) is 0 Å². The first-order valence-electron chi connectivity index (χ1n) is 5.79. The minimum absolute atomic E-state index is 0.141. The van der Waals surface area contributed by atoms with Gasteiger partial charge >= 0.3 is 0 Å². The lowest BCUT2D eigenvalue weighted by Gasteiger charge is -2.10. The quantitative estimate of drug-likeness (QED) is 0.776. The number of furan rings is 1. The fourth-order valence-electron chi connectivity index (χ4n) is 2.06. The number of ether oxygens (including phenoxy) is 1. The maximum absolute atomic E-state index is 12.4. The molecule has 2 rings (SSSR count). The van der Waals surface area contributed by atoms with E-state index in [2.05, 4.69) is 0 Å². The molecule has 0 fully saturated rings. The van der Waals surface area contributed by atoms with Crippen LogP contribution in [0.2, 0.25) is 0 Å². The van der Waals surface area contributed by atoms with Crippen molar-refractivity contribution in [3.63, 3.8) is 0 Å².